The van der Waals surface area contributed by atoms with Crippen molar-refractivity contribution in [1.82, 2.24) is 29.1 Å². The zero-order valence-electron chi connectivity index (χ0n) is 19.3. The molecular formula is C27H25ClN6O. The summed E-state index contributed by atoms with van der Waals surface area (Å²) in [5.41, 5.74) is 8.63. The Balaban J connectivity index is 1.31. The summed E-state index contributed by atoms with van der Waals surface area (Å²) in [4.78, 5) is 4.85. The van der Waals surface area contributed by atoms with Crippen LogP contribution in [0.1, 0.15) is 36.6 Å². The fourth-order valence-electron chi connectivity index (χ4n) is 5.33. The minimum absolute atomic E-state index is 0.273. The Labute approximate surface area is 208 Å². The first-order chi connectivity index (χ1) is 17.2. The summed E-state index contributed by atoms with van der Waals surface area (Å²) in [5.74, 6) is 0. The molecule has 0 bridgehead atoms. The Morgan fingerprint density at radius 1 is 1.14 bits per heavy atom. The van der Waals surface area contributed by atoms with Crippen molar-refractivity contribution in [2.24, 2.45) is 0 Å². The Morgan fingerprint density at radius 3 is 2.97 bits per heavy atom. The van der Waals surface area contributed by atoms with Crippen molar-refractivity contribution in [3.05, 3.63) is 83.2 Å². The molecule has 0 radical (unpaired) electrons. The van der Waals surface area contributed by atoms with Gasteiger partial charge < -0.3 is 9.30 Å². The fraction of sp³-hybridized carbons (Fsp3) is 0.296. The van der Waals surface area contributed by atoms with E-state index in [1.807, 2.05) is 29.3 Å². The highest BCUT2D eigenvalue weighted by atomic mass is 35.5. The molecule has 1 saturated heterocycles. The maximum atomic E-state index is 6.44. The molecule has 7 nitrogen and oxygen atoms in total. The third kappa shape index (κ3) is 3.66. The van der Waals surface area contributed by atoms with Crippen molar-refractivity contribution in [2.75, 3.05) is 13.2 Å². The maximum absolute atomic E-state index is 6.44. The monoisotopic (exact) mass is 484 g/mol. The second-order valence-corrected chi connectivity index (χ2v) is 9.87. The highest BCUT2D eigenvalue weighted by molar-refractivity contribution is 6.31. The molecule has 4 aromatic rings. The van der Waals surface area contributed by atoms with Gasteiger partial charge in [0.05, 0.1) is 48.2 Å². The summed E-state index contributed by atoms with van der Waals surface area (Å²) in [6.07, 6.45) is 18.8. The molecule has 7 rings (SSSR count). The van der Waals surface area contributed by atoms with E-state index in [0.717, 1.165) is 72.7 Å². The number of rotatable bonds is 4. The molecule has 0 amide bonds. The van der Waals surface area contributed by atoms with E-state index in [1.54, 1.807) is 0 Å². The number of aromatic nitrogens is 6. The molecule has 0 saturated carbocycles. The molecule has 1 aromatic carbocycles. The molecule has 5 heterocycles. The molecule has 0 spiro atoms. The van der Waals surface area contributed by atoms with Gasteiger partial charge in [-0.2, -0.15) is 10.2 Å². The summed E-state index contributed by atoms with van der Waals surface area (Å²) < 4.78 is 11.9. The molecule has 35 heavy (non-hydrogen) atoms. The van der Waals surface area contributed by atoms with E-state index < -0.39 is 0 Å². The predicted octanol–water partition coefficient (Wildman–Crippen LogP) is 5.39. The predicted molar refractivity (Wildman–Crippen MR) is 135 cm³/mol. The van der Waals surface area contributed by atoms with Gasteiger partial charge in [0, 0.05) is 47.1 Å². The molecule has 1 fully saturated rings. The van der Waals surface area contributed by atoms with E-state index in [-0.39, 0.29) is 6.04 Å². The first-order valence-electron chi connectivity index (χ1n) is 12.1. The van der Waals surface area contributed by atoms with Crippen LogP contribution in [0.25, 0.3) is 28.2 Å². The third-order valence-electron chi connectivity index (χ3n) is 7.11. The summed E-state index contributed by atoms with van der Waals surface area (Å²) in [6.45, 7) is 2.26. The Morgan fingerprint density at radius 2 is 2.11 bits per heavy atom. The van der Waals surface area contributed by atoms with Crippen molar-refractivity contribution in [3.8, 4) is 28.2 Å². The number of fused-ring (bicyclic) bond motifs is 5. The van der Waals surface area contributed by atoms with Crippen molar-refractivity contribution < 1.29 is 4.74 Å². The van der Waals surface area contributed by atoms with E-state index in [4.69, 9.17) is 26.4 Å². The molecule has 8 heteroatoms. The second kappa shape index (κ2) is 8.36. The Hall–Kier alpha value is -3.42. The number of benzene rings is 1. The smallest absolute Gasteiger partial charge is 0.100 e. The molecular weight excluding hydrogens is 460 g/mol. The highest BCUT2D eigenvalue weighted by Crippen LogP contribution is 2.39. The molecule has 3 aliphatic rings. The van der Waals surface area contributed by atoms with Crippen LogP contribution in [0.15, 0.2) is 66.9 Å². The zero-order chi connectivity index (χ0) is 23.4. The number of halogens is 1. The number of allylic oxidation sites excluding steroid dienone is 4. The van der Waals surface area contributed by atoms with Crippen molar-refractivity contribution >= 4 is 11.6 Å². The van der Waals surface area contributed by atoms with Crippen molar-refractivity contribution in [3.63, 3.8) is 0 Å². The SMILES string of the molecule is Clc1ccc2c(c1)-c1nn(C3CCOC3)cc1Cc1c(-c3cnn(CC4=CCCC=C4)c3)ncn1-2. The quantitative estimate of drug-likeness (QED) is 0.343. The van der Waals surface area contributed by atoms with Crippen LogP contribution in [-0.4, -0.2) is 42.3 Å². The van der Waals surface area contributed by atoms with Crippen molar-refractivity contribution in [2.45, 2.75) is 38.3 Å². The standard InChI is InChI=1S/C27H25ClN6O/c28-21-6-7-24-23(11-21)26-19(15-34(31-26)22-8-9-35-16-22)10-25-27(29-17-33(24)25)20-12-30-32(14-20)13-18-4-2-1-3-5-18/h2,4-7,11-12,14-15,17,22H,1,3,8-10,13,16H2. The number of nitrogens with zero attached hydrogens (tertiary/aromatic N) is 6. The minimum Gasteiger partial charge on any atom is -0.379 e. The van der Waals surface area contributed by atoms with Crippen LogP contribution in [0.4, 0.5) is 0 Å². The van der Waals surface area contributed by atoms with Gasteiger partial charge in [-0.05, 0) is 43.0 Å². The largest absolute Gasteiger partial charge is 0.379 e. The van der Waals surface area contributed by atoms with Gasteiger partial charge in [0.25, 0.3) is 0 Å². The van der Waals surface area contributed by atoms with Crippen LogP contribution in [-0.2, 0) is 17.7 Å². The summed E-state index contributed by atoms with van der Waals surface area (Å²) in [5, 5.41) is 10.4. The van der Waals surface area contributed by atoms with Gasteiger partial charge in [0.2, 0.25) is 0 Å². The van der Waals surface area contributed by atoms with Crippen LogP contribution in [0.3, 0.4) is 0 Å². The molecule has 0 N–H and O–H groups in total. The molecule has 1 aliphatic carbocycles. The number of hydrogen-bond donors (Lipinski definition) is 0. The number of imidazole rings is 1. The average molecular weight is 485 g/mol. The highest BCUT2D eigenvalue weighted by Gasteiger charge is 2.28. The van der Waals surface area contributed by atoms with Gasteiger partial charge in [-0.25, -0.2) is 4.98 Å². The van der Waals surface area contributed by atoms with E-state index in [1.165, 1.54) is 11.1 Å². The molecule has 2 aliphatic heterocycles. The van der Waals surface area contributed by atoms with Crippen molar-refractivity contribution in [1.29, 1.82) is 0 Å². The van der Waals surface area contributed by atoms with Crippen LogP contribution in [0.5, 0.6) is 0 Å². The molecule has 176 valence electrons. The first kappa shape index (κ1) is 20.9. The molecule has 1 atom stereocenters. The lowest BCUT2D eigenvalue weighted by Gasteiger charge is -2.11. The summed E-state index contributed by atoms with van der Waals surface area (Å²) >= 11 is 6.44. The van der Waals surface area contributed by atoms with E-state index in [0.29, 0.717) is 11.6 Å². The van der Waals surface area contributed by atoms with Crippen LogP contribution >= 0.6 is 11.6 Å². The lowest BCUT2D eigenvalue weighted by Crippen LogP contribution is -2.09. The third-order valence-corrected chi connectivity index (χ3v) is 7.34. The van der Waals surface area contributed by atoms with Crippen LogP contribution in [0, 0.1) is 0 Å². The van der Waals surface area contributed by atoms with Gasteiger partial charge in [0.15, 0.2) is 0 Å². The fourth-order valence-corrected chi connectivity index (χ4v) is 5.50. The van der Waals surface area contributed by atoms with E-state index in [2.05, 4.69) is 51.0 Å². The first-order valence-corrected chi connectivity index (χ1v) is 12.5. The van der Waals surface area contributed by atoms with Crippen LogP contribution < -0.4 is 0 Å². The average Bonchev–Trinajstić information content (AvgIpc) is 3.67. The minimum atomic E-state index is 0.273. The van der Waals surface area contributed by atoms with Gasteiger partial charge in [-0.1, -0.05) is 29.8 Å². The van der Waals surface area contributed by atoms with Gasteiger partial charge in [0.1, 0.15) is 6.33 Å². The van der Waals surface area contributed by atoms with Crippen LogP contribution in [0.2, 0.25) is 5.02 Å². The van der Waals surface area contributed by atoms with Gasteiger partial charge in [-0.3, -0.25) is 9.36 Å². The summed E-state index contributed by atoms with van der Waals surface area (Å²) in [6, 6.07) is 6.27. The number of hydrogen-bond acceptors (Lipinski definition) is 4. The Bertz CT molecular complexity index is 1480. The van der Waals surface area contributed by atoms with E-state index >= 15 is 0 Å². The maximum Gasteiger partial charge on any atom is 0.100 e. The van der Waals surface area contributed by atoms with E-state index in [9.17, 15) is 0 Å². The summed E-state index contributed by atoms with van der Waals surface area (Å²) in [7, 11) is 0. The van der Waals surface area contributed by atoms with Gasteiger partial charge in [-0.15, -0.1) is 0 Å². The topological polar surface area (TPSA) is 62.7 Å². The lowest BCUT2D eigenvalue weighted by molar-refractivity contribution is 0.184. The zero-order valence-corrected chi connectivity index (χ0v) is 20.0. The second-order valence-electron chi connectivity index (χ2n) is 9.43. The Kier molecular flexibility index (Phi) is 4.99. The molecule has 3 aromatic heterocycles. The molecule has 1 unspecified atom stereocenters. The lowest BCUT2D eigenvalue weighted by atomic mass is 10.0. The van der Waals surface area contributed by atoms with Gasteiger partial charge >= 0.3 is 0 Å². The number of ether oxygens (including phenoxy) is 1. The normalized spacial score (nSPS) is 18.7.